The maximum absolute atomic E-state index is 12.9. The lowest BCUT2D eigenvalue weighted by Crippen LogP contribution is -2.49. The first-order valence-electron chi connectivity index (χ1n) is 11.6. The number of rotatable bonds is 10. The number of amides is 2. The topological polar surface area (TPSA) is 90.5 Å². The largest absolute Gasteiger partial charge is 0.354 e. The molecule has 1 atom stereocenters. The van der Waals surface area contributed by atoms with Gasteiger partial charge in [-0.15, -0.1) is 11.3 Å². The van der Waals surface area contributed by atoms with E-state index in [0.717, 1.165) is 50.7 Å². The number of aromatic nitrogens is 2. The standard InChI is InChI=1S/C25H30N6O2S/c32-23(21(19-20-7-2-1-3-8-20)29-24(33)22-9-4-18-34-22)26-12-6-13-30-14-16-31(17-15-30)25-27-10-5-11-28-25/h1-5,7-11,18,21H,6,12-17,19H2,(H,26,32)(H,29,33). The molecule has 0 saturated carbocycles. The zero-order chi connectivity index (χ0) is 23.6. The minimum atomic E-state index is -0.619. The Hall–Kier alpha value is -3.30. The first kappa shape index (κ1) is 23.8. The minimum Gasteiger partial charge on any atom is -0.354 e. The Balaban J connectivity index is 1.22. The Morgan fingerprint density at radius 1 is 0.971 bits per heavy atom. The molecule has 2 aromatic heterocycles. The molecule has 3 heterocycles. The van der Waals surface area contributed by atoms with Crippen LogP contribution in [0.4, 0.5) is 5.95 Å². The van der Waals surface area contributed by atoms with Gasteiger partial charge in [-0.25, -0.2) is 9.97 Å². The smallest absolute Gasteiger partial charge is 0.262 e. The summed E-state index contributed by atoms with van der Waals surface area (Å²) >= 11 is 1.37. The first-order valence-corrected chi connectivity index (χ1v) is 12.5. The van der Waals surface area contributed by atoms with Crippen molar-refractivity contribution in [2.45, 2.75) is 18.9 Å². The van der Waals surface area contributed by atoms with Gasteiger partial charge in [0.2, 0.25) is 11.9 Å². The molecule has 1 saturated heterocycles. The van der Waals surface area contributed by atoms with Crippen LogP contribution in [0, 0.1) is 0 Å². The van der Waals surface area contributed by atoms with E-state index >= 15 is 0 Å². The fourth-order valence-electron chi connectivity index (χ4n) is 3.96. The van der Waals surface area contributed by atoms with Crippen LogP contribution in [-0.2, 0) is 11.2 Å². The third-order valence-corrected chi connectivity index (χ3v) is 6.68. The van der Waals surface area contributed by atoms with Gasteiger partial charge in [0, 0.05) is 51.5 Å². The van der Waals surface area contributed by atoms with Crippen LogP contribution in [0.15, 0.2) is 66.3 Å². The average molecular weight is 479 g/mol. The van der Waals surface area contributed by atoms with E-state index in [2.05, 4.69) is 30.4 Å². The molecule has 1 aliphatic heterocycles. The average Bonchev–Trinajstić information content (AvgIpc) is 3.43. The fraction of sp³-hybridized carbons (Fsp3) is 0.360. The van der Waals surface area contributed by atoms with Crippen molar-refractivity contribution in [3.05, 3.63) is 76.7 Å². The monoisotopic (exact) mass is 478 g/mol. The fourth-order valence-corrected chi connectivity index (χ4v) is 4.59. The van der Waals surface area contributed by atoms with E-state index in [4.69, 9.17) is 0 Å². The lowest BCUT2D eigenvalue weighted by Gasteiger charge is -2.34. The van der Waals surface area contributed by atoms with Crippen LogP contribution >= 0.6 is 11.3 Å². The quantitative estimate of drug-likeness (QED) is 0.434. The highest BCUT2D eigenvalue weighted by atomic mass is 32.1. The van der Waals surface area contributed by atoms with Crippen molar-refractivity contribution in [3.63, 3.8) is 0 Å². The van der Waals surface area contributed by atoms with Gasteiger partial charge < -0.3 is 15.5 Å². The van der Waals surface area contributed by atoms with Crippen molar-refractivity contribution < 1.29 is 9.59 Å². The minimum absolute atomic E-state index is 0.153. The molecule has 8 nitrogen and oxygen atoms in total. The van der Waals surface area contributed by atoms with Gasteiger partial charge >= 0.3 is 0 Å². The molecule has 0 aliphatic carbocycles. The van der Waals surface area contributed by atoms with Crippen LogP contribution in [0.2, 0.25) is 0 Å². The van der Waals surface area contributed by atoms with E-state index in [0.29, 0.717) is 17.8 Å². The van der Waals surface area contributed by atoms with E-state index in [1.807, 2.05) is 47.8 Å². The molecule has 1 aromatic carbocycles. The first-order chi connectivity index (χ1) is 16.7. The number of piperazine rings is 1. The maximum atomic E-state index is 12.9. The normalized spacial score (nSPS) is 15.0. The van der Waals surface area contributed by atoms with Crippen molar-refractivity contribution in [2.75, 3.05) is 44.2 Å². The van der Waals surface area contributed by atoms with E-state index in [9.17, 15) is 9.59 Å². The van der Waals surface area contributed by atoms with Crippen LogP contribution in [0.25, 0.3) is 0 Å². The number of anilines is 1. The number of hydrogen-bond acceptors (Lipinski definition) is 7. The highest BCUT2D eigenvalue weighted by Crippen LogP contribution is 2.11. The molecule has 1 fully saturated rings. The molecule has 3 aromatic rings. The predicted molar refractivity (Wildman–Crippen MR) is 134 cm³/mol. The molecule has 0 radical (unpaired) electrons. The summed E-state index contributed by atoms with van der Waals surface area (Å²) in [4.78, 5) is 39.4. The molecule has 2 amide bonds. The number of nitrogens with zero attached hydrogens (tertiary/aromatic N) is 4. The molecule has 2 N–H and O–H groups in total. The molecule has 9 heteroatoms. The molecular formula is C25H30N6O2S. The zero-order valence-corrected chi connectivity index (χ0v) is 19.9. The van der Waals surface area contributed by atoms with Crippen LogP contribution in [0.1, 0.15) is 21.7 Å². The number of hydrogen-bond donors (Lipinski definition) is 2. The summed E-state index contributed by atoms with van der Waals surface area (Å²) in [5.41, 5.74) is 1.01. The van der Waals surface area contributed by atoms with Gasteiger partial charge in [0.1, 0.15) is 6.04 Å². The number of benzene rings is 1. The van der Waals surface area contributed by atoms with Gasteiger partial charge in [0.05, 0.1) is 4.88 Å². The highest BCUT2D eigenvalue weighted by molar-refractivity contribution is 7.12. The Kier molecular flexibility index (Phi) is 8.59. The Morgan fingerprint density at radius 2 is 1.74 bits per heavy atom. The lowest BCUT2D eigenvalue weighted by molar-refractivity contribution is -0.122. The summed E-state index contributed by atoms with van der Waals surface area (Å²) in [5.74, 6) is 0.412. The lowest BCUT2D eigenvalue weighted by atomic mass is 10.1. The van der Waals surface area contributed by atoms with Gasteiger partial charge in [0.15, 0.2) is 0 Å². The third kappa shape index (κ3) is 6.85. The second-order valence-electron chi connectivity index (χ2n) is 8.22. The van der Waals surface area contributed by atoms with Gasteiger partial charge in [-0.05, 0) is 36.0 Å². The molecule has 178 valence electrons. The second-order valence-corrected chi connectivity index (χ2v) is 9.16. The van der Waals surface area contributed by atoms with Gasteiger partial charge in [-0.3, -0.25) is 14.5 Å². The van der Waals surface area contributed by atoms with Crippen molar-refractivity contribution in [1.82, 2.24) is 25.5 Å². The van der Waals surface area contributed by atoms with Crippen molar-refractivity contribution in [2.24, 2.45) is 0 Å². The Bertz CT molecular complexity index is 1020. The van der Waals surface area contributed by atoms with Crippen LogP contribution in [0.5, 0.6) is 0 Å². The highest BCUT2D eigenvalue weighted by Gasteiger charge is 2.23. The van der Waals surface area contributed by atoms with E-state index in [-0.39, 0.29) is 11.8 Å². The zero-order valence-electron chi connectivity index (χ0n) is 19.1. The van der Waals surface area contributed by atoms with Crippen molar-refractivity contribution in [3.8, 4) is 0 Å². The van der Waals surface area contributed by atoms with Crippen LogP contribution in [0.3, 0.4) is 0 Å². The molecular weight excluding hydrogens is 448 g/mol. The molecule has 1 aliphatic rings. The molecule has 1 unspecified atom stereocenters. The second kappa shape index (κ2) is 12.2. The predicted octanol–water partition coefficient (Wildman–Crippen LogP) is 2.21. The van der Waals surface area contributed by atoms with E-state index in [1.54, 1.807) is 18.5 Å². The number of carbonyl (C=O) groups excluding carboxylic acids is 2. The summed E-state index contributed by atoms with van der Waals surface area (Å²) in [7, 11) is 0. The summed E-state index contributed by atoms with van der Waals surface area (Å²) in [5, 5.41) is 7.79. The number of thiophene rings is 1. The van der Waals surface area contributed by atoms with Crippen molar-refractivity contribution in [1.29, 1.82) is 0 Å². The SMILES string of the molecule is O=C(NC(Cc1ccccc1)C(=O)NCCCN1CCN(c2ncccn2)CC1)c1cccs1. The van der Waals surface area contributed by atoms with Crippen LogP contribution in [-0.4, -0.2) is 72.0 Å². The molecule has 4 rings (SSSR count). The summed E-state index contributed by atoms with van der Waals surface area (Å²) in [6.07, 6.45) is 4.84. The molecule has 0 bridgehead atoms. The van der Waals surface area contributed by atoms with Gasteiger partial charge in [-0.2, -0.15) is 0 Å². The summed E-state index contributed by atoms with van der Waals surface area (Å²) in [6.45, 7) is 5.16. The van der Waals surface area contributed by atoms with E-state index in [1.165, 1.54) is 11.3 Å². The van der Waals surface area contributed by atoms with Gasteiger partial charge in [-0.1, -0.05) is 36.4 Å². The van der Waals surface area contributed by atoms with Gasteiger partial charge in [0.25, 0.3) is 5.91 Å². The van der Waals surface area contributed by atoms with Crippen molar-refractivity contribution >= 4 is 29.1 Å². The summed E-state index contributed by atoms with van der Waals surface area (Å²) < 4.78 is 0. The molecule has 34 heavy (non-hydrogen) atoms. The van der Waals surface area contributed by atoms with E-state index < -0.39 is 6.04 Å². The summed E-state index contributed by atoms with van der Waals surface area (Å²) in [6, 6.07) is 14.6. The Morgan fingerprint density at radius 3 is 2.44 bits per heavy atom. The van der Waals surface area contributed by atoms with Crippen LogP contribution < -0.4 is 15.5 Å². The third-order valence-electron chi connectivity index (χ3n) is 5.81. The number of nitrogens with one attached hydrogen (secondary N) is 2. The maximum Gasteiger partial charge on any atom is 0.262 e. The number of carbonyl (C=O) groups is 2. The Labute approximate surface area is 204 Å². The molecule has 0 spiro atoms.